The van der Waals surface area contributed by atoms with Crippen LogP contribution in [-0.2, 0) is 14.4 Å². The van der Waals surface area contributed by atoms with Crippen LogP contribution in [0.5, 0.6) is 0 Å². The molecule has 2 aromatic rings. The normalized spacial score (nSPS) is 28.4. The second-order valence-corrected chi connectivity index (χ2v) is 14.2. The number of hydrogen-bond acceptors (Lipinski definition) is 5. The zero-order chi connectivity index (χ0) is 30.8. The zero-order valence-electron chi connectivity index (χ0n) is 25.3. The Morgan fingerprint density at radius 1 is 0.955 bits per heavy atom. The predicted molar refractivity (Wildman–Crippen MR) is 175 cm³/mol. The number of carbonyl (C=O) groups is 3. The van der Waals surface area contributed by atoms with Gasteiger partial charge < -0.3 is 19.8 Å². The number of amides is 3. The Bertz CT molecular complexity index is 1380. The summed E-state index contributed by atoms with van der Waals surface area (Å²) in [5.74, 6) is -1.60. The summed E-state index contributed by atoms with van der Waals surface area (Å²) in [5, 5.41) is 10.8. The minimum atomic E-state index is -0.781. The molecule has 0 aromatic heterocycles. The number of carbonyl (C=O) groups excluding carboxylic acids is 3. The van der Waals surface area contributed by atoms with Crippen LogP contribution in [0.2, 0.25) is 0 Å². The highest BCUT2D eigenvalue weighted by molar-refractivity contribution is 8.02. The highest BCUT2D eigenvalue weighted by atomic mass is 32.2. The number of aliphatic hydroxyl groups is 1. The van der Waals surface area contributed by atoms with Crippen molar-refractivity contribution in [3.63, 3.8) is 0 Å². The number of anilines is 1. The minimum absolute atomic E-state index is 0.0586. The lowest BCUT2D eigenvalue weighted by Gasteiger charge is -2.42. The van der Waals surface area contributed by atoms with E-state index in [9.17, 15) is 19.5 Å². The Hall–Kier alpha value is -3.36. The van der Waals surface area contributed by atoms with E-state index in [2.05, 4.69) is 13.2 Å². The third-order valence-corrected chi connectivity index (χ3v) is 12.2. The number of hydrogen-bond donors (Lipinski definition) is 1. The van der Waals surface area contributed by atoms with Crippen LogP contribution in [0.4, 0.5) is 5.69 Å². The van der Waals surface area contributed by atoms with Crippen LogP contribution in [0.15, 0.2) is 86.0 Å². The van der Waals surface area contributed by atoms with Gasteiger partial charge >= 0.3 is 0 Å². The summed E-state index contributed by atoms with van der Waals surface area (Å²) in [4.78, 5) is 49.7. The van der Waals surface area contributed by atoms with Crippen molar-refractivity contribution in [2.45, 2.75) is 73.1 Å². The van der Waals surface area contributed by atoms with Crippen molar-refractivity contribution >= 4 is 35.2 Å². The zero-order valence-corrected chi connectivity index (χ0v) is 26.1. The van der Waals surface area contributed by atoms with E-state index in [-0.39, 0.29) is 35.6 Å². The maximum absolute atomic E-state index is 15.0. The fourth-order valence-electron chi connectivity index (χ4n) is 8.36. The molecule has 2 unspecified atom stereocenters. The molecule has 2 bridgehead atoms. The fraction of sp³-hybridized carbons (Fsp3) is 0.472. The van der Waals surface area contributed by atoms with E-state index < -0.39 is 28.7 Å². The van der Waals surface area contributed by atoms with Crippen LogP contribution >= 0.6 is 11.8 Å². The molecule has 1 N–H and O–H groups in total. The first-order valence-corrected chi connectivity index (χ1v) is 16.9. The van der Waals surface area contributed by atoms with Crippen molar-refractivity contribution < 1.29 is 19.5 Å². The van der Waals surface area contributed by atoms with Crippen molar-refractivity contribution in [3.8, 4) is 0 Å². The Balaban J connectivity index is 1.44. The van der Waals surface area contributed by atoms with Gasteiger partial charge in [0.1, 0.15) is 6.04 Å². The molecule has 44 heavy (non-hydrogen) atoms. The molecule has 4 aliphatic rings. The number of aliphatic hydroxyl groups excluding tert-OH is 1. The van der Waals surface area contributed by atoms with Gasteiger partial charge in [-0.25, -0.2) is 0 Å². The van der Waals surface area contributed by atoms with Crippen LogP contribution in [0.3, 0.4) is 0 Å². The summed E-state index contributed by atoms with van der Waals surface area (Å²) in [7, 11) is 0. The van der Waals surface area contributed by atoms with Gasteiger partial charge in [0.05, 0.1) is 29.2 Å². The molecule has 2 aromatic carbocycles. The quantitative estimate of drug-likeness (QED) is 0.345. The van der Waals surface area contributed by atoms with Gasteiger partial charge in [-0.1, -0.05) is 79.9 Å². The molecule has 7 nitrogen and oxygen atoms in total. The van der Waals surface area contributed by atoms with Crippen molar-refractivity contribution in [1.82, 2.24) is 9.80 Å². The monoisotopic (exact) mass is 613 g/mol. The van der Waals surface area contributed by atoms with Gasteiger partial charge in [0.2, 0.25) is 17.7 Å². The maximum Gasteiger partial charge on any atom is 0.247 e. The maximum atomic E-state index is 15.0. The molecule has 1 saturated carbocycles. The first-order chi connectivity index (χ1) is 21.5. The molecular formula is C36H43N3O4S. The molecule has 3 heterocycles. The van der Waals surface area contributed by atoms with Crippen LogP contribution < -0.4 is 4.90 Å². The van der Waals surface area contributed by atoms with E-state index in [0.29, 0.717) is 19.5 Å². The van der Waals surface area contributed by atoms with Gasteiger partial charge in [-0.2, -0.15) is 0 Å². The first kappa shape index (κ1) is 30.7. The fourth-order valence-corrected chi connectivity index (χ4v) is 10.6. The second-order valence-electron chi connectivity index (χ2n) is 12.6. The summed E-state index contributed by atoms with van der Waals surface area (Å²) in [6, 6.07) is 17.6. The molecule has 3 amide bonds. The van der Waals surface area contributed by atoms with Gasteiger partial charge in [0, 0.05) is 30.1 Å². The molecular weight excluding hydrogens is 570 g/mol. The Morgan fingerprint density at radius 2 is 1.61 bits per heavy atom. The van der Waals surface area contributed by atoms with E-state index in [1.807, 2.05) is 65.6 Å². The largest absolute Gasteiger partial charge is 0.394 e. The standard InChI is InChI=1S/C36H43N3O4S/c1-3-22-37(26-16-10-6-11-17-26)33(41)30-29-20-21-36(44-29)31(30)34(42)39(28(24-40)25-14-8-5-9-15-25)32(36)35(43)38(23-4-2)27-18-12-7-13-19-27/h3-6,8-11,14-17,27-32,40H,1-2,7,12-13,18-24H2/t28-,29-,30+,31+,32?,36?/m1/s1. The van der Waals surface area contributed by atoms with E-state index in [1.165, 1.54) is 0 Å². The van der Waals surface area contributed by atoms with Crippen molar-refractivity contribution in [2.24, 2.45) is 11.8 Å². The van der Waals surface area contributed by atoms with E-state index >= 15 is 0 Å². The Kier molecular flexibility index (Phi) is 9.01. The molecule has 1 spiro atoms. The smallest absolute Gasteiger partial charge is 0.247 e. The first-order valence-electron chi connectivity index (χ1n) is 16.0. The van der Waals surface area contributed by atoms with Crippen LogP contribution in [-0.4, -0.2) is 74.4 Å². The van der Waals surface area contributed by atoms with Gasteiger partial charge in [-0.3, -0.25) is 14.4 Å². The van der Waals surface area contributed by atoms with Crippen molar-refractivity contribution in [3.05, 3.63) is 91.5 Å². The molecule has 8 heteroatoms. The molecule has 4 fully saturated rings. The summed E-state index contributed by atoms with van der Waals surface area (Å²) in [5.41, 5.74) is 1.55. The molecule has 3 aliphatic heterocycles. The third-order valence-electron chi connectivity index (χ3n) is 10.2. The van der Waals surface area contributed by atoms with E-state index in [1.54, 1.807) is 33.7 Å². The molecule has 232 valence electrons. The van der Waals surface area contributed by atoms with Crippen molar-refractivity contribution in [1.29, 1.82) is 0 Å². The average molecular weight is 614 g/mol. The summed E-state index contributed by atoms with van der Waals surface area (Å²) in [6.07, 6.45) is 10.1. The number of nitrogens with zero attached hydrogens (tertiary/aromatic N) is 3. The SMILES string of the molecule is C=CCN(C(=O)[C@@H]1[C@H]2C(=O)N([C@H](CO)c3ccccc3)C(C(=O)N(CC=C)C3CCCCC3)C23CC[C@H]1S3)c1ccccc1. The van der Waals surface area contributed by atoms with Gasteiger partial charge in [0.15, 0.2) is 0 Å². The van der Waals surface area contributed by atoms with E-state index in [0.717, 1.165) is 49.8 Å². The molecule has 1 aliphatic carbocycles. The number of rotatable bonds is 11. The highest BCUT2D eigenvalue weighted by Crippen LogP contribution is 2.67. The lowest BCUT2D eigenvalue weighted by atomic mass is 9.70. The number of thioether (sulfide) groups is 1. The van der Waals surface area contributed by atoms with Gasteiger partial charge in [-0.15, -0.1) is 24.9 Å². The molecule has 6 rings (SSSR count). The van der Waals surface area contributed by atoms with E-state index in [4.69, 9.17) is 0 Å². The number of para-hydroxylation sites is 1. The van der Waals surface area contributed by atoms with Crippen molar-refractivity contribution in [2.75, 3.05) is 24.6 Å². The lowest BCUT2D eigenvalue weighted by molar-refractivity contribution is -0.147. The Morgan fingerprint density at radius 3 is 2.25 bits per heavy atom. The topological polar surface area (TPSA) is 81.2 Å². The molecule has 6 atom stereocenters. The number of benzene rings is 2. The third kappa shape index (κ3) is 5.10. The van der Waals surface area contributed by atoms with Crippen LogP contribution in [0, 0.1) is 11.8 Å². The average Bonchev–Trinajstić information content (AvgIpc) is 3.71. The van der Waals surface area contributed by atoms with Gasteiger partial charge in [0.25, 0.3) is 0 Å². The van der Waals surface area contributed by atoms with Crippen LogP contribution in [0.1, 0.15) is 56.6 Å². The predicted octanol–water partition coefficient (Wildman–Crippen LogP) is 5.38. The van der Waals surface area contributed by atoms with Crippen LogP contribution in [0.25, 0.3) is 0 Å². The van der Waals surface area contributed by atoms with Gasteiger partial charge in [-0.05, 0) is 43.4 Å². The lowest BCUT2D eigenvalue weighted by Crippen LogP contribution is -2.58. The highest BCUT2D eigenvalue weighted by Gasteiger charge is 2.75. The molecule has 3 saturated heterocycles. The minimum Gasteiger partial charge on any atom is -0.394 e. The number of fused-ring (bicyclic) bond motifs is 1. The summed E-state index contributed by atoms with van der Waals surface area (Å²) >= 11 is 1.68. The Labute approximate surface area is 265 Å². The molecule has 0 radical (unpaired) electrons. The summed E-state index contributed by atoms with van der Waals surface area (Å²) < 4.78 is -0.744. The summed E-state index contributed by atoms with van der Waals surface area (Å²) in [6.45, 7) is 8.30. The number of likely N-dealkylation sites (tertiary alicyclic amines) is 1. The second kappa shape index (κ2) is 12.9.